The molecule has 9 heteroatoms. The normalized spacial score (nSPS) is 25.0. The molecule has 7 N–H and O–H groups in total. The lowest BCUT2D eigenvalue weighted by Crippen LogP contribution is -3.07. The fraction of sp³-hybridized carbons (Fsp3) is 0.415. The predicted octanol–water partition coefficient (Wildman–Crippen LogP) is 4.92. The maximum Gasteiger partial charge on any atom is 0.227 e. The maximum absolute atomic E-state index is 12.5. The molecule has 0 saturated heterocycles. The molecule has 0 aromatic heterocycles. The third-order valence-electron chi connectivity index (χ3n) is 11.5. The number of phenolic OH excluding ortho intramolecular Hbond substituents is 1. The summed E-state index contributed by atoms with van der Waals surface area (Å²) in [5.41, 5.74) is 18.6. The zero-order valence-electron chi connectivity index (χ0n) is 28.6. The van der Waals surface area contributed by atoms with E-state index in [2.05, 4.69) is 54.1 Å². The van der Waals surface area contributed by atoms with Crippen molar-refractivity contribution < 1.29 is 29.8 Å². The van der Waals surface area contributed by atoms with Gasteiger partial charge in [0, 0.05) is 35.7 Å². The first-order valence-corrected chi connectivity index (χ1v) is 18.2. The molecular weight excluding hydrogens is 628 g/mol. The Morgan fingerprint density at radius 3 is 2.82 bits per heavy atom. The van der Waals surface area contributed by atoms with Gasteiger partial charge >= 0.3 is 0 Å². The lowest BCUT2D eigenvalue weighted by molar-refractivity contribution is -0.851. The molecule has 260 valence electrons. The minimum atomic E-state index is -0.839. The van der Waals surface area contributed by atoms with Gasteiger partial charge in [-0.1, -0.05) is 56.2 Å². The van der Waals surface area contributed by atoms with Crippen molar-refractivity contribution in [1.29, 1.82) is 0 Å². The number of anilines is 1. The third kappa shape index (κ3) is 5.57. The van der Waals surface area contributed by atoms with Crippen LogP contribution in [0.5, 0.6) is 11.5 Å². The number of ketones is 1. The number of fused-ring (bicyclic) bond motifs is 4. The van der Waals surface area contributed by atoms with E-state index < -0.39 is 12.2 Å². The lowest BCUT2D eigenvalue weighted by Gasteiger charge is -2.46. The summed E-state index contributed by atoms with van der Waals surface area (Å²) in [6.45, 7) is 3.00. The summed E-state index contributed by atoms with van der Waals surface area (Å²) >= 11 is 0. The number of Topliss-reactive ketones (excluding diaryl/α,β-unsaturated/α-hetero) is 1. The van der Waals surface area contributed by atoms with E-state index in [1.165, 1.54) is 33.4 Å². The van der Waals surface area contributed by atoms with E-state index in [0.717, 1.165) is 53.1 Å². The van der Waals surface area contributed by atoms with Gasteiger partial charge in [0.1, 0.15) is 30.4 Å². The van der Waals surface area contributed by atoms with E-state index >= 15 is 0 Å². The monoisotopic (exact) mass is 675 g/mol. The Morgan fingerprint density at radius 1 is 1.12 bits per heavy atom. The predicted molar refractivity (Wildman–Crippen MR) is 193 cm³/mol. The second kappa shape index (κ2) is 13.1. The first-order chi connectivity index (χ1) is 24.3. The number of aryl methyl sites for hydroxylation is 1. The highest BCUT2D eigenvalue weighted by Crippen LogP contribution is 2.65. The smallest absolute Gasteiger partial charge is 0.227 e. The van der Waals surface area contributed by atoms with Crippen molar-refractivity contribution in [3.8, 4) is 22.6 Å². The molecule has 3 aromatic rings. The molecule has 50 heavy (non-hydrogen) atoms. The van der Waals surface area contributed by atoms with Crippen LogP contribution in [0.2, 0.25) is 0 Å². The number of aliphatic hydroxyl groups excluding tert-OH is 2. The molecule has 1 fully saturated rings. The highest BCUT2D eigenvalue weighted by Gasteiger charge is 2.56. The molecule has 5 aliphatic rings. The van der Waals surface area contributed by atoms with Crippen molar-refractivity contribution >= 4 is 17.2 Å². The number of nitrogens with one attached hydrogen (secondary N) is 2. The fourth-order valence-electron chi connectivity index (χ4n) is 9.36. The van der Waals surface area contributed by atoms with Crippen LogP contribution in [-0.2, 0) is 16.6 Å². The number of carbonyl (C=O) groups excluding carboxylic acids is 1. The Balaban J connectivity index is 0.977. The quantitative estimate of drug-likeness (QED) is 0.151. The van der Waals surface area contributed by atoms with Crippen LogP contribution in [0.1, 0.15) is 92.6 Å². The van der Waals surface area contributed by atoms with E-state index in [4.69, 9.17) is 15.5 Å². The number of aliphatic imine (C=N–C) groups is 1. The highest BCUT2D eigenvalue weighted by molar-refractivity contribution is 6.09. The van der Waals surface area contributed by atoms with E-state index in [0.29, 0.717) is 37.8 Å². The minimum Gasteiger partial charge on any atom is -0.504 e. The second-order valence-corrected chi connectivity index (χ2v) is 14.8. The Morgan fingerprint density at radius 2 is 1.96 bits per heavy atom. The number of nitrogens with zero attached hydrogens (tertiary/aromatic N) is 1. The van der Waals surface area contributed by atoms with Gasteiger partial charge in [-0.15, -0.1) is 0 Å². The molecule has 6 atom stereocenters. The highest BCUT2D eigenvalue weighted by atomic mass is 16.5. The number of hydrogen-bond donors (Lipinski definition) is 6. The van der Waals surface area contributed by atoms with E-state index in [9.17, 15) is 20.1 Å². The minimum absolute atomic E-state index is 0.0304. The molecule has 3 heterocycles. The zero-order chi connectivity index (χ0) is 34.6. The van der Waals surface area contributed by atoms with Crippen LogP contribution < -0.4 is 20.7 Å². The number of carbonyl (C=O) groups is 1. The van der Waals surface area contributed by atoms with Crippen LogP contribution in [0, 0.1) is 0 Å². The number of quaternary nitrogens is 1. The Labute approximate surface area is 293 Å². The summed E-state index contributed by atoms with van der Waals surface area (Å²) < 4.78 is 6.20. The average molecular weight is 676 g/mol. The second-order valence-electron chi connectivity index (χ2n) is 14.8. The number of aromatic hydroxyl groups is 1. The van der Waals surface area contributed by atoms with Gasteiger partial charge in [0.15, 0.2) is 11.5 Å². The molecular formula is C41H47N4O5+. The van der Waals surface area contributed by atoms with Crippen molar-refractivity contribution in [2.45, 2.75) is 94.4 Å². The number of hydrogen-bond acceptors (Lipinski definition) is 8. The zero-order valence-corrected chi connectivity index (χ0v) is 28.6. The van der Waals surface area contributed by atoms with Gasteiger partial charge in [-0.3, -0.25) is 14.7 Å². The van der Waals surface area contributed by atoms with Gasteiger partial charge in [-0.25, -0.2) is 0 Å². The summed E-state index contributed by atoms with van der Waals surface area (Å²) in [4.78, 5) is 18.6. The third-order valence-corrected chi connectivity index (χ3v) is 11.5. The molecule has 0 bridgehead atoms. The summed E-state index contributed by atoms with van der Waals surface area (Å²) in [5, 5.41) is 34.3. The van der Waals surface area contributed by atoms with Crippen LogP contribution >= 0.6 is 0 Å². The Hall–Kier alpha value is -4.28. The van der Waals surface area contributed by atoms with Gasteiger partial charge in [-0.05, 0) is 89.6 Å². The van der Waals surface area contributed by atoms with Gasteiger partial charge in [0.05, 0.1) is 17.8 Å². The van der Waals surface area contributed by atoms with Gasteiger partial charge < -0.3 is 31.1 Å². The first kappa shape index (κ1) is 32.9. The number of ether oxygens (including phenoxy) is 1. The number of benzene rings is 3. The lowest BCUT2D eigenvalue weighted by atomic mass is 9.57. The number of aliphatic hydroxyl groups is 2. The molecule has 3 aromatic carbocycles. The first-order valence-electron chi connectivity index (χ1n) is 18.2. The van der Waals surface area contributed by atoms with Crippen LogP contribution in [-0.4, -0.2) is 52.3 Å². The number of nitrogens with two attached hydrogens (primary N) is 1. The van der Waals surface area contributed by atoms with Gasteiger partial charge in [0.25, 0.3) is 0 Å². The molecule has 2 aliphatic carbocycles. The van der Waals surface area contributed by atoms with E-state index in [1.54, 1.807) is 18.2 Å². The largest absolute Gasteiger partial charge is 0.504 e. The molecule has 1 unspecified atom stereocenters. The molecule has 9 nitrogen and oxygen atoms in total. The summed E-state index contributed by atoms with van der Waals surface area (Å²) in [6.07, 6.45) is 8.44. The average Bonchev–Trinajstić information content (AvgIpc) is 3.82. The van der Waals surface area contributed by atoms with Crippen molar-refractivity contribution in [2.75, 3.05) is 18.6 Å². The Kier molecular flexibility index (Phi) is 8.63. The summed E-state index contributed by atoms with van der Waals surface area (Å²) in [7, 11) is 0. The van der Waals surface area contributed by atoms with Crippen molar-refractivity contribution in [2.24, 2.45) is 10.7 Å². The van der Waals surface area contributed by atoms with Crippen LogP contribution in [0.4, 0.5) is 5.69 Å². The van der Waals surface area contributed by atoms with E-state index in [-0.39, 0.29) is 42.4 Å². The standard InChI is InChI=1S/C41H46N4O5/c1-2-6-25(46)18-27(48)19-26(47)14-12-24-13-15-36(49)37(17-24)50-23-45-21-30-33(20-43-35(30)22-45)41-16-5-10-31(41)28-7-4-11-34-39(28)38-29(40(42)44-34)8-3-9-32(38)41/h3-4,7-9,11,13,15,17,20-21,25,27,31,40,44,46,48-49H,2,5-6,10,12,14,16,18-19,22-23,42H2,1H3/p+1/t25-,27+,31+,40+,41+/m0/s1. The molecule has 0 amide bonds. The van der Waals surface area contributed by atoms with Crippen molar-refractivity contribution in [3.63, 3.8) is 0 Å². The SMILES string of the molecule is CCC[C@H](O)C[C@@H](O)CC(=O)CCc1ccc(O)c(OC[NH+]2C=C3C([C@]45CCC[C@@H]4c4cccc6c4-c4c(cccc45)[C@H](N)N6)=CN=C3C2)c1. The molecule has 3 aliphatic heterocycles. The Bertz CT molecular complexity index is 1930. The molecule has 0 spiro atoms. The molecule has 1 saturated carbocycles. The summed E-state index contributed by atoms with van der Waals surface area (Å²) in [6, 6.07) is 18.5. The molecule has 0 radical (unpaired) electrons. The van der Waals surface area contributed by atoms with Crippen LogP contribution in [0.3, 0.4) is 0 Å². The number of phenols is 1. The van der Waals surface area contributed by atoms with E-state index in [1.807, 2.05) is 6.92 Å². The topological polar surface area (TPSA) is 142 Å². The van der Waals surface area contributed by atoms with Crippen molar-refractivity contribution in [1.82, 2.24) is 0 Å². The maximum atomic E-state index is 12.5. The van der Waals surface area contributed by atoms with Crippen molar-refractivity contribution in [3.05, 3.63) is 100 Å². The summed E-state index contributed by atoms with van der Waals surface area (Å²) in [5.74, 6) is 0.732. The van der Waals surface area contributed by atoms with Gasteiger partial charge in [-0.2, -0.15) is 0 Å². The molecule has 8 rings (SSSR count). The van der Waals surface area contributed by atoms with Crippen LogP contribution in [0.15, 0.2) is 83.1 Å². The fourth-order valence-corrected chi connectivity index (χ4v) is 9.36. The number of allylic oxidation sites excluding steroid dienone is 1. The van der Waals surface area contributed by atoms with Crippen LogP contribution in [0.25, 0.3) is 11.1 Å². The van der Waals surface area contributed by atoms with Gasteiger partial charge in [0.2, 0.25) is 6.73 Å². The number of rotatable bonds is 13.